The summed E-state index contributed by atoms with van der Waals surface area (Å²) in [6.45, 7) is 0.0612. The van der Waals surface area contributed by atoms with Crippen LogP contribution in [0.25, 0.3) is 6.08 Å². The second kappa shape index (κ2) is 7.45. The first kappa shape index (κ1) is 16.5. The minimum Gasteiger partial charge on any atom is -0.396 e. The predicted molar refractivity (Wildman–Crippen MR) is 90.3 cm³/mol. The van der Waals surface area contributed by atoms with Crippen molar-refractivity contribution >= 4 is 33.4 Å². The fraction of sp³-hybridized carbons (Fsp3) is 0.125. The van der Waals surface area contributed by atoms with Crippen molar-refractivity contribution in [3.63, 3.8) is 0 Å². The molecule has 0 fully saturated rings. The van der Waals surface area contributed by atoms with Gasteiger partial charge in [-0.1, -0.05) is 41.9 Å². The van der Waals surface area contributed by atoms with Crippen molar-refractivity contribution in [2.75, 3.05) is 11.3 Å². The summed E-state index contributed by atoms with van der Waals surface area (Å²) < 4.78 is 26.5. The molecule has 0 aliphatic heterocycles. The highest BCUT2D eigenvalue weighted by atomic mass is 35.5. The number of halogens is 1. The summed E-state index contributed by atoms with van der Waals surface area (Å²) in [5, 5.41) is 10.4. The maximum absolute atomic E-state index is 12.0. The fourth-order valence-corrected chi connectivity index (χ4v) is 2.90. The average molecular weight is 338 g/mol. The van der Waals surface area contributed by atoms with Crippen LogP contribution in [-0.4, -0.2) is 20.1 Å². The summed E-state index contributed by atoms with van der Waals surface area (Å²) in [5.74, 6) is 0. The predicted octanol–water partition coefficient (Wildman–Crippen LogP) is 3.29. The standard InChI is InChI=1S/C16H16ClNO3S/c17-16-4-2-1-3-14(16)10-12-22(20,21)18-15-7-5-13(6-8-15)9-11-19/h1-8,10,12,18-19H,9,11H2. The molecule has 2 N–H and O–H groups in total. The van der Waals surface area contributed by atoms with Gasteiger partial charge in [0.15, 0.2) is 0 Å². The highest BCUT2D eigenvalue weighted by Gasteiger charge is 2.06. The molecule has 2 rings (SSSR count). The van der Waals surface area contributed by atoms with E-state index >= 15 is 0 Å². The van der Waals surface area contributed by atoms with Crippen LogP contribution < -0.4 is 4.72 Å². The summed E-state index contributed by atoms with van der Waals surface area (Å²) in [4.78, 5) is 0. The molecule has 0 saturated carbocycles. The molecular weight excluding hydrogens is 322 g/mol. The lowest BCUT2D eigenvalue weighted by atomic mass is 10.1. The molecule has 0 atom stereocenters. The van der Waals surface area contributed by atoms with Gasteiger partial charge in [0.25, 0.3) is 10.0 Å². The fourth-order valence-electron chi connectivity index (χ4n) is 1.84. The smallest absolute Gasteiger partial charge is 0.255 e. The van der Waals surface area contributed by atoms with Gasteiger partial charge in [-0.15, -0.1) is 0 Å². The third-order valence-corrected chi connectivity index (χ3v) is 4.31. The molecule has 4 nitrogen and oxygen atoms in total. The summed E-state index contributed by atoms with van der Waals surface area (Å²) in [6, 6.07) is 13.8. The molecule has 0 aliphatic carbocycles. The van der Waals surface area contributed by atoms with E-state index in [0.29, 0.717) is 22.7 Å². The van der Waals surface area contributed by atoms with Gasteiger partial charge in [0.1, 0.15) is 0 Å². The summed E-state index contributed by atoms with van der Waals surface area (Å²) in [5.41, 5.74) is 2.04. The van der Waals surface area contributed by atoms with Gasteiger partial charge in [-0.3, -0.25) is 4.72 Å². The number of nitrogens with one attached hydrogen (secondary N) is 1. The first-order chi connectivity index (χ1) is 10.5. The van der Waals surface area contributed by atoms with Crippen molar-refractivity contribution in [1.29, 1.82) is 0 Å². The molecule has 0 radical (unpaired) electrons. The number of hydrogen-bond acceptors (Lipinski definition) is 3. The van der Waals surface area contributed by atoms with E-state index in [2.05, 4.69) is 4.72 Å². The Morgan fingerprint density at radius 2 is 1.77 bits per heavy atom. The number of anilines is 1. The Morgan fingerprint density at radius 3 is 2.41 bits per heavy atom. The highest BCUT2D eigenvalue weighted by molar-refractivity contribution is 7.95. The van der Waals surface area contributed by atoms with Gasteiger partial charge in [0.05, 0.1) is 5.41 Å². The lowest BCUT2D eigenvalue weighted by Gasteiger charge is -2.05. The third-order valence-electron chi connectivity index (χ3n) is 2.95. The second-order valence-corrected chi connectivity index (χ2v) is 6.62. The van der Waals surface area contributed by atoms with E-state index in [1.54, 1.807) is 48.5 Å². The molecule has 0 aliphatic rings. The Morgan fingerprint density at radius 1 is 1.09 bits per heavy atom. The van der Waals surface area contributed by atoms with Crippen molar-refractivity contribution in [3.8, 4) is 0 Å². The average Bonchev–Trinajstić information content (AvgIpc) is 2.48. The van der Waals surface area contributed by atoms with Gasteiger partial charge in [0.2, 0.25) is 0 Å². The van der Waals surface area contributed by atoms with E-state index in [1.807, 2.05) is 0 Å². The van der Waals surface area contributed by atoms with Gasteiger partial charge in [-0.05, 0) is 41.8 Å². The van der Waals surface area contributed by atoms with E-state index in [9.17, 15) is 8.42 Å². The Bertz CT molecular complexity index is 755. The number of aliphatic hydroxyl groups is 1. The van der Waals surface area contributed by atoms with E-state index < -0.39 is 10.0 Å². The highest BCUT2D eigenvalue weighted by Crippen LogP contribution is 2.18. The number of hydrogen-bond donors (Lipinski definition) is 2. The van der Waals surface area contributed by atoms with Gasteiger partial charge in [0, 0.05) is 17.3 Å². The molecule has 2 aromatic rings. The first-order valence-corrected chi connectivity index (χ1v) is 8.58. The quantitative estimate of drug-likeness (QED) is 0.850. The van der Waals surface area contributed by atoms with Crippen molar-refractivity contribution < 1.29 is 13.5 Å². The van der Waals surface area contributed by atoms with Gasteiger partial charge < -0.3 is 5.11 Å². The second-order valence-electron chi connectivity index (χ2n) is 4.64. The van der Waals surface area contributed by atoms with Gasteiger partial charge in [-0.2, -0.15) is 0 Å². The van der Waals surface area contributed by atoms with Crippen LogP contribution in [0.1, 0.15) is 11.1 Å². The maximum atomic E-state index is 12.0. The van der Waals surface area contributed by atoms with Crippen LogP contribution in [0, 0.1) is 0 Å². The van der Waals surface area contributed by atoms with E-state index in [1.165, 1.54) is 6.08 Å². The zero-order chi connectivity index (χ0) is 16.0. The summed E-state index contributed by atoms with van der Waals surface area (Å²) in [6.07, 6.45) is 1.99. The van der Waals surface area contributed by atoms with Gasteiger partial charge in [-0.25, -0.2) is 8.42 Å². The van der Waals surface area contributed by atoms with Crippen molar-refractivity contribution in [3.05, 3.63) is 70.1 Å². The Hall–Kier alpha value is -1.82. The molecule has 0 saturated heterocycles. The topological polar surface area (TPSA) is 66.4 Å². The molecule has 0 spiro atoms. The van der Waals surface area contributed by atoms with E-state index in [-0.39, 0.29) is 6.61 Å². The van der Waals surface area contributed by atoms with Crippen molar-refractivity contribution in [1.82, 2.24) is 0 Å². The van der Waals surface area contributed by atoms with E-state index in [0.717, 1.165) is 11.0 Å². The summed E-state index contributed by atoms with van der Waals surface area (Å²) >= 11 is 5.97. The van der Waals surface area contributed by atoms with Crippen LogP contribution >= 0.6 is 11.6 Å². The third kappa shape index (κ3) is 4.87. The van der Waals surface area contributed by atoms with Crippen LogP contribution in [0.4, 0.5) is 5.69 Å². The van der Waals surface area contributed by atoms with Crippen LogP contribution in [0.5, 0.6) is 0 Å². The van der Waals surface area contributed by atoms with Crippen LogP contribution in [0.3, 0.4) is 0 Å². The molecule has 2 aromatic carbocycles. The first-order valence-electron chi connectivity index (χ1n) is 6.65. The normalized spacial score (nSPS) is 11.7. The lowest BCUT2D eigenvalue weighted by molar-refractivity contribution is 0.299. The van der Waals surface area contributed by atoms with Crippen LogP contribution in [0.2, 0.25) is 5.02 Å². The van der Waals surface area contributed by atoms with E-state index in [4.69, 9.17) is 16.7 Å². The van der Waals surface area contributed by atoms with Crippen LogP contribution in [-0.2, 0) is 16.4 Å². The molecule has 6 heteroatoms. The minimum atomic E-state index is -3.61. The Labute approximate surface area is 135 Å². The van der Waals surface area contributed by atoms with Crippen molar-refractivity contribution in [2.45, 2.75) is 6.42 Å². The SMILES string of the molecule is O=S(=O)(C=Cc1ccccc1Cl)Nc1ccc(CCO)cc1. The molecule has 0 unspecified atom stereocenters. The molecule has 0 aromatic heterocycles. The number of benzene rings is 2. The largest absolute Gasteiger partial charge is 0.396 e. The maximum Gasteiger partial charge on any atom is 0.255 e. The van der Waals surface area contributed by atoms with Crippen molar-refractivity contribution in [2.24, 2.45) is 0 Å². The summed E-state index contributed by atoms with van der Waals surface area (Å²) in [7, 11) is -3.61. The Balaban J connectivity index is 2.09. The molecule has 0 bridgehead atoms. The Kier molecular flexibility index (Phi) is 5.60. The molecule has 116 valence electrons. The molecule has 0 heterocycles. The molecule has 22 heavy (non-hydrogen) atoms. The minimum absolute atomic E-state index is 0.0612. The van der Waals surface area contributed by atoms with Gasteiger partial charge >= 0.3 is 0 Å². The molecule has 0 amide bonds. The zero-order valence-electron chi connectivity index (χ0n) is 11.7. The zero-order valence-corrected chi connectivity index (χ0v) is 13.3. The number of rotatable bonds is 6. The molecular formula is C16H16ClNO3S. The number of sulfonamides is 1. The monoisotopic (exact) mass is 337 g/mol. The lowest BCUT2D eigenvalue weighted by Crippen LogP contribution is -2.08. The number of aliphatic hydroxyl groups excluding tert-OH is 1. The van der Waals surface area contributed by atoms with Crippen LogP contribution in [0.15, 0.2) is 53.9 Å².